The Morgan fingerprint density at radius 2 is 2.50 bits per heavy atom. The molecule has 1 fully saturated rings. The van der Waals surface area contributed by atoms with Crippen LogP contribution in [0.25, 0.3) is 0 Å². The predicted molar refractivity (Wildman–Crippen MR) is 51.3 cm³/mol. The lowest BCUT2D eigenvalue weighted by Crippen LogP contribution is -2.35. The average molecular weight is 169 g/mol. The molecule has 2 heteroatoms. The minimum Gasteiger partial charge on any atom is -0.373 e. The van der Waals surface area contributed by atoms with Gasteiger partial charge in [-0.1, -0.05) is 19.1 Å². The SMILES string of the molecule is C=C(CC)COC1CCCNC1. The molecule has 0 radical (unpaired) electrons. The number of nitrogens with one attached hydrogen (secondary N) is 1. The van der Waals surface area contributed by atoms with Gasteiger partial charge in [0.1, 0.15) is 0 Å². The molecule has 1 atom stereocenters. The first-order valence-electron chi connectivity index (χ1n) is 4.82. The fraction of sp³-hybridized carbons (Fsp3) is 0.800. The Bertz CT molecular complexity index is 139. The topological polar surface area (TPSA) is 21.3 Å². The van der Waals surface area contributed by atoms with E-state index in [1.165, 1.54) is 18.4 Å². The van der Waals surface area contributed by atoms with Crippen LogP contribution >= 0.6 is 0 Å². The Morgan fingerprint density at radius 3 is 3.08 bits per heavy atom. The monoisotopic (exact) mass is 169 g/mol. The summed E-state index contributed by atoms with van der Waals surface area (Å²) in [6.45, 7) is 8.93. The Hall–Kier alpha value is -0.340. The summed E-state index contributed by atoms with van der Waals surface area (Å²) in [6.07, 6.45) is 3.88. The molecule has 0 aliphatic carbocycles. The lowest BCUT2D eigenvalue weighted by atomic mass is 10.1. The zero-order valence-electron chi connectivity index (χ0n) is 7.94. The highest BCUT2D eigenvalue weighted by atomic mass is 16.5. The van der Waals surface area contributed by atoms with Crippen molar-refractivity contribution in [2.24, 2.45) is 0 Å². The maximum atomic E-state index is 5.67. The van der Waals surface area contributed by atoms with E-state index in [1.807, 2.05) is 0 Å². The molecule has 0 aromatic carbocycles. The van der Waals surface area contributed by atoms with Gasteiger partial charge in [-0.3, -0.25) is 0 Å². The summed E-state index contributed by atoms with van der Waals surface area (Å²) < 4.78 is 5.67. The van der Waals surface area contributed by atoms with Gasteiger partial charge in [0.05, 0.1) is 12.7 Å². The summed E-state index contributed by atoms with van der Waals surface area (Å²) in [6, 6.07) is 0. The summed E-state index contributed by atoms with van der Waals surface area (Å²) in [4.78, 5) is 0. The molecular weight excluding hydrogens is 150 g/mol. The highest BCUT2D eigenvalue weighted by Gasteiger charge is 2.12. The molecule has 1 N–H and O–H groups in total. The molecule has 0 bridgehead atoms. The number of rotatable bonds is 4. The highest BCUT2D eigenvalue weighted by molar-refractivity contribution is 4.92. The molecule has 1 saturated heterocycles. The molecular formula is C10H19NO. The van der Waals surface area contributed by atoms with Crippen molar-refractivity contribution in [2.45, 2.75) is 32.3 Å². The second-order valence-corrected chi connectivity index (χ2v) is 3.38. The standard InChI is InChI=1S/C10H19NO/c1-3-9(2)8-12-10-5-4-6-11-7-10/h10-11H,2-8H2,1H3. The fourth-order valence-electron chi connectivity index (χ4n) is 1.30. The molecule has 1 aliphatic heterocycles. The fourth-order valence-corrected chi connectivity index (χ4v) is 1.30. The van der Waals surface area contributed by atoms with Gasteiger partial charge in [0.25, 0.3) is 0 Å². The van der Waals surface area contributed by atoms with Crippen LogP contribution in [0.3, 0.4) is 0 Å². The van der Waals surface area contributed by atoms with Gasteiger partial charge in [-0.05, 0) is 25.8 Å². The molecule has 1 heterocycles. The molecule has 12 heavy (non-hydrogen) atoms. The van der Waals surface area contributed by atoms with Crippen LogP contribution < -0.4 is 5.32 Å². The van der Waals surface area contributed by atoms with E-state index in [-0.39, 0.29) is 0 Å². The van der Waals surface area contributed by atoms with Crippen molar-refractivity contribution in [3.63, 3.8) is 0 Å². The molecule has 1 unspecified atom stereocenters. The van der Waals surface area contributed by atoms with E-state index in [4.69, 9.17) is 4.74 Å². The average Bonchev–Trinajstić information content (AvgIpc) is 2.16. The van der Waals surface area contributed by atoms with Crippen LogP contribution in [-0.2, 0) is 4.74 Å². The van der Waals surface area contributed by atoms with Gasteiger partial charge in [-0.2, -0.15) is 0 Å². The van der Waals surface area contributed by atoms with Crippen LogP contribution in [0.15, 0.2) is 12.2 Å². The van der Waals surface area contributed by atoms with Gasteiger partial charge in [-0.15, -0.1) is 0 Å². The van der Waals surface area contributed by atoms with Crippen molar-refractivity contribution < 1.29 is 4.74 Å². The van der Waals surface area contributed by atoms with Gasteiger partial charge in [0, 0.05) is 6.54 Å². The van der Waals surface area contributed by atoms with Gasteiger partial charge in [0.15, 0.2) is 0 Å². The summed E-state index contributed by atoms with van der Waals surface area (Å²) in [5.41, 5.74) is 1.19. The normalized spacial score (nSPS) is 23.9. The predicted octanol–water partition coefficient (Wildman–Crippen LogP) is 1.72. The second kappa shape index (κ2) is 5.33. The summed E-state index contributed by atoms with van der Waals surface area (Å²) in [7, 11) is 0. The second-order valence-electron chi connectivity index (χ2n) is 3.38. The number of ether oxygens (including phenoxy) is 1. The molecule has 0 amide bonds. The van der Waals surface area contributed by atoms with Crippen molar-refractivity contribution in [3.8, 4) is 0 Å². The highest BCUT2D eigenvalue weighted by Crippen LogP contribution is 2.08. The molecule has 0 spiro atoms. The van der Waals surface area contributed by atoms with E-state index in [1.54, 1.807) is 0 Å². The molecule has 2 nitrogen and oxygen atoms in total. The number of piperidine rings is 1. The van der Waals surface area contributed by atoms with Gasteiger partial charge in [0.2, 0.25) is 0 Å². The molecule has 0 aromatic rings. The van der Waals surface area contributed by atoms with E-state index < -0.39 is 0 Å². The lowest BCUT2D eigenvalue weighted by Gasteiger charge is -2.23. The molecule has 70 valence electrons. The van der Waals surface area contributed by atoms with E-state index in [0.717, 1.165) is 26.1 Å². The first kappa shape index (κ1) is 9.75. The van der Waals surface area contributed by atoms with Crippen molar-refractivity contribution in [3.05, 3.63) is 12.2 Å². The smallest absolute Gasteiger partial charge is 0.0704 e. The maximum absolute atomic E-state index is 5.67. The Balaban J connectivity index is 2.09. The van der Waals surface area contributed by atoms with Crippen LogP contribution in [0.4, 0.5) is 0 Å². The van der Waals surface area contributed by atoms with Gasteiger partial charge in [-0.25, -0.2) is 0 Å². The molecule has 0 aromatic heterocycles. The third-order valence-electron chi connectivity index (χ3n) is 2.27. The number of hydrogen-bond donors (Lipinski definition) is 1. The van der Waals surface area contributed by atoms with E-state index in [2.05, 4.69) is 18.8 Å². The van der Waals surface area contributed by atoms with Crippen LogP contribution in [0.2, 0.25) is 0 Å². The first-order valence-corrected chi connectivity index (χ1v) is 4.82. The zero-order valence-corrected chi connectivity index (χ0v) is 7.94. The third kappa shape index (κ3) is 3.37. The van der Waals surface area contributed by atoms with Crippen LogP contribution in [-0.4, -0.2) is 25.8 Å². The first-order chi connectivity index (χ1) is 5.83. The summed E-state index contributed by atoms with van der Waals surface area (Å²) in [5.74, 6) is 0. The van der Waals surface area contributed by atoms with E-state index >= 15 is 0 Å². The molecule has 1 rings (SSSR count). The van der Waals surface area contributed by atoms with E-state index in [0.29, 0.717) is 6.10 Å². The Labute approximate surface area is 75.0 Å². The zero-order chi connectivity index (χ0) is 8.81. The molecule has 0 saturated carbocycles. The van der Waals surface area contributed by atoms with Crippen LogP contribution in [0.5, 0.6) is 0 Å². The van der Waals surface area contributed by atoms with Crippen molar-refractivity contribution >= 4 is 0 Å². The quantitative estimate of drug-likeness (QED) is 0.647. The maximum Gasteiger partial charge on any atom is 0.0704 e. The summed E-state index contributed by atoms with van der Waals surface area (Å²) >= 11 is 0. The summed E-state index contributed by atoms with van der Waals surface area (Å²) in [5, 5.41) is 3.32. The van der Waals surface area contributed by atoms with Crippen molar-refractivity contribution in [1.82, 2.24) is 5.32 Å². The largest absolute Gasteiger partial charge is 0.373 e. The van der Waals surface area contributed by atoms with Crippen molar-refractivity contribution in [2.75, 3.05) is 19.7 Å². The number of hydrogen-bond acceptors (Lipinski definition) is 2. The van der Waals surface area contributed by atoms with E-state index in [9.17, 15) is 0 Å². The Morgan fingerprint density at radius 1 is 1.67 bits per heavy atom. The molecule has 1 aliphatic rings. The lowest BCUT2D eigenvalue weighted by molar-refractivity contribution is 0.0510. The van der Waals surface area contributed by atoms with Crippen LogP contribution in [0.1, 0.15) is 26.2 Å². The van der Waals surface area contributed by atoms with Crippen molar-refractivity contribution in [1.29, 1.82) is 0 Å². The van der Waals surface area contributed by atoms with Gasteiger partial charge >= 0.3 is 0 Å². The Kier molecular flexibility index (Phi) is 4.33. The minimum atomic E-state index is 0.419. The van der Waals surface area contributed by atoms with Gasteiger partial charge < -0.3 is 10.1 Å². The van der Waals surface area contributed by atoms with Crippen LogP contribution in [0, 0.1) is 0 Å². The third-order valence-corrected chi connectivity index (χ3v) is 2.27. The minimum absolute atomic E-state index is 0.419.